The Bertz CT molecular complexity index is 295. The summed E-state index contributed by atoms with van der Waals surface area (Å²) in [4.78, 5) is 3.46. The van der Waals surface area contributed by atoms with Crippen molar-refractivity contribution >= 4 is 23.2 Å². The normalized spacial score (nSPS) is 11.5. The van der Waals surface area contributed by atoms with Gasteiger partial charge in [-0.15, -0.1) is 13.2 Å². The van der Waals surface area contributed by atoms with Gasteiger partial charge in [0.15, 0.2) is 5.75 Å². The average molecular weight is 232 g/mol. The Kier molecular flexibility index (Phi) is 2.87. The van der Waals surface area contributed by atoms with Crippen LogP contribution in [0.2, 0.25) is 10.0 Å². The molecule has 13 heavy (non-hydrogen) atoms. The maximum Gasteiger partial charge on any atom is 0.573 e. The number of nitrogens with zero attached hydrogens (tertiary/aromatic N) is 1. The van der Waals surface area contributed by atoms with Crippen LogP contribution in [0, 0.1) is 0 Å². The number of hydrogen-bond donors (Lipinski definition) is 0. The Balaban J connectivity index is 3.00. The zero-order valence-electron chi connectivity index (χ0n) is 5.90. The maximum absolute atomic E-state index is 11.7. The standard InChI is InChI=1S/C6H2Cl2F3NO/c7-3-1-12-2-4(8)5(3)13-6(9,10)11/h1-2H. The van der Waals surface area contributed by atoms with Gasteiger partial charge in [-0.2, -0.15) is 0 Å². The third kappa shape index (κ3) is 2.93. The van der Waals surface area contributed by atoms with Crippen molar-refractivity contribution in [2.24, 2.45) is 0 Å². The molecule has 0 aromatic carbocycles. The van der Waals surface area contributed by atoms with Gasteiger partial charge in [-0.1, -0.05) is 23.2 Å². The van der Waals surface area contributed by atoms with E-state index < -0.39 is 12.1 Å². The van der Waals surface area contributed by atoms with E-state index in [2.05, 4.69) is 9.72 Å². The van der Waals surface area contributed by atoms with Gasteiger partial charge in [-0.05, 0) is 0 Å². The summed E-state index contributed by atoms with van der Waals surface area (Å²) in [7, 11) is 0. The molecule has 0 radical (unpaired) electrons. The van der Waals surface area contributed by atoms with Crippen molar-refractivity contribution in [3.63, 3.8) is 0 Å². The van der Waals surface area contributed by atoms with E-state index in [1.165, 1.54) is 0 Å². The SMILES string of the molecule is FC(F)(F)Oc1c(Cl)cncc1Cl. The second-order valence-corrected chi connectivity index (χ2v) is 2.79. The van der Waals surface area contributed by atoms with Gasteiger partial charge in [0.25, 0.3) is 0 Å². The number of pyridine rings is 1. The minimum absolute atomic E-state index is 0.287. The van der Waals surface area contributed by atoms with Crippen molar-refractivity contribution in [2.45, 2.75) is 6.36 Å². The Morgan fingerprint density at radius 2 is 1.62 bits per heavy atom. The summed E-state index contributed by atoms with van der Waals surface area (Å²) in [6, 6.07) is 0. The molecular formula is C6H2Cl2F3NO. The number of rotatable bonds is 1. The average Bonchev–Trinajstić information content (AvgIpc) is 1.95. The van der Waals surface area contributed by atoms with Gasteiger partial charge < -0.3 is 4.74 Å². The lowest BCUT2D eigenvalue weighted by molar-refractivity contribution is -0.274. The fraction of sp³-hybridized carbons (Fsp3) is 0.167. The molecule has 0 fully saturated rings. The summed E-state index contributed by atoms with van der Waals surface area (Å²) in [5.41, 5.74) is 0. The molecule has 0 spiro atoms. The van der Waals surface area contributed by atoms with E-state index in [0.29, 0.717) is 0 Å². The molecule has 2 nitrogen and oxygen atoms in total. The zero-order chi connectivity index (χ0) is 10.1. The highest BCUT2D eigenvalue weighted by Gasteiger charge is 2.33. The van der Waals surface area contributed by atoms with E-state index in [0.717, 1.165) is 12.4 Å². The van der Waals surface area contributed by atoms with Crippen LogP contribution in [0.15, 0.2) is 12.4 Å². The monoisotopic (exact) mass is 231 g/mol. The summed E-state index contributed by atoms with van der Waals surface area (Å²) >= 11 is 10.7. The molecule has 1 rings (SSSR count). The molecule has 0 aliphatic carbocycles. The van der Waals surface area contributed by atoms with E-state index in [9.17, 15) is 13.2 Å². The zero-order valence-corrected chi connectivity index (χ0v) is 7.41. The van der Waals surface area contributed by atoms with Crippen LogP contribution < -0.4 is 4.74 Å². The summed E-state index contributed by atoms with van der Waals surface area (Å²) in [5, 5.41) is -0.574. The lowest BCUT2D eigenvalue weighted by Gasteiger charge is -2.10. The summed E-state index contributed by atoms with van der Waals surface area (Å²) < 4.78 is 38.8. The molecule has 0 saturated carbocycles. The lowest BCUT2D eigenvalue weighted by Crippen LogP contribution is -2.17. The first-order valence-electron chi connectivity index (χ1n) is 2.95. The number of hydrogen-bond acceptors (Lipinski definition) is 2. The molecule has 1 aromatic rings. The van der Waals surface area contributed by atoms with Crippen LogP contribution in [0.25, 0.3) is 0 Å². The predicted molar refractivity (Wildman–Crippen MR) is 40.9 cm³/mol. The van der Waals surface area contributed by atoms with Gasteiger partial charge >= 0.3 is 6.36 Å². The molecule has 0 saturated heterocycles. The predicted octanol–water partition coefficient (Wildman–Crippen LogP) is 3.29. The van der Waals surface area contributed by atoms with Crippen molar-refractivity contribution in [3.05, 3.63) is 22.4 Å². The van der Waals surface area contributed by atoms with E-state index in [4.69, 9.17) is 23.2 Å². The summed E-state index contributed by atoms with van der Waals surface area (Å²) in [5.74, 6) is -0.633. The highest BCUT2D eigenvalue weighted by atomic mass is 35.5. The molecule has 7 heteroatoms. The smallest absolute Gasteiger partial charge is 0.402 e. The van der Waals surface area contributed by atoms with E-state index in [1.807, 2.05) is 0 Å². The minimum atomic E-state index is -4.81. The van der Waals surface area contributed by atoms with Crippen LogP contribution >= 0.6 is 23.2 Å². The topological polar surface area (TPSA) is 22.1 Å². The van der Waals surface area contributed by atoms with Crippen molar-refractivity contribution in [3.8, 4) is 5.75 Å². The van der Waals surface area contributed by atoms with Crippen LogP contribution in [0.4, 0.5) is 13.2 Å². The van der Waals surface area contributed by atoms with Gasteiger partial charge in [0.05, 0.1) is 0 Å². The van der Waals surface area contributed by atoms with Crippen LogP contribution in [0.5, 0.6) is 5.75 Å². The molecule has 0 unspecified atom stereocenters. The first-order valence-corrected chi connectivity index (χ1v) is 3.70. The van der Waals surface area contributed by atoms with Crippen LogP contribution in [-0.2, 0) is 0 Å². The minimum Gasteiger partial charge on any atom is -0.402 e. The Morgan fingerprint density at radius 1 is 1.15 bits per heavy atom. The van der Waals surface area contributed by atoms with Gasteiger partial charge in [0, 0.05) is 12.4 Å². The molecule has 0 atom stereocenters. The number of halogens is 5. The molecule has 1 heterocycles. The third-order valence-electron chi connectivity index (χ3n) is 1.03. The second kappa shape index (κ2) is 3.59. The quantitative estimate of drug-likeness (QED) is 0.740. The fourth-order valence-electron chi connectivity index (χ4n) is 0.613. The Morgan fingerprint density at radius 3 is 2.00 bits per heavy atom. The van der Waals surface area contributed by atoms with Gasteiger partial charge in [-0.25, -0.2) is 0 Å². The number of alkyl halides is 3. The number of ether oxygens (including phenoxy) is 1. The Labute approximate surface area is 81.2 Å². The fourth-order valence-corrected chi connectivity index (χ4v) is 1.05. The van der Waals surface area contributed by atoms with E-state index >= 15 is 0 Å². The summed E-state index contributed by atoms with van der Waals surface area (Å²) in [6.07, 6.45) is -2.79. The first-order chi connectivity index (χ1) is 5.90. The molecule has 1 aromatic heterocycles. The van der Waals surface area contributed by atoms with Gasteiger partial charge in [-0.3, -0.25) is 4.98 Å². The number of aromatic nitrogens is 1. The molecule has 0 amide bonds. The van der Waals surface area contributed by atoms with Crippen LogP contribution in [0.3, 0.4) is 0 Å². The van der Waals surface area contributed by atoms with E-state index in [1.54, 1.807) is 0 Å². The van der Waals surface area contributed by atoms with Crippen molar-refractivity contribution in [1.82, 2.24) is 4.98 Å². The highest BCUT2D eigenvalue weighted by molar-refractivity contribution is 6.36. The first kappa shape index (κ1) is 10.4. The summed E-state index contributed by atoms with van der Waals surface area (Å²) in [6.45, 7) is 0. The van der Waals surface area contributed by atoms with Crippen molar-refractivity contribution in [1.29, 1.82) is 0 Å². The molecular weight excluding hydrogens is 230 g/mol. The third-order valence-corrected chi connectivity index (χ3v) is 1.57. The van der Waals surface area contributed by atoms with Crippen LogP contribution in [0.1, 0.15) is 0 Å². The van der Waals surface area contributed by atoms with Gasteiger partial charge in [0.2, 0.25) is 0 Å². The van der Waals surface area contributed by atoms with E-state index in [-0.39, 0.29) is 10.0 Å². The molecule has 0 bridgehead atoms. The largest absolute Gasteiger partial charge is 0.573 e. The van der Waals surface area contributed by atoms with Crippen molar-refractivity contribution < 1.29 is 17.9 Å². The molecule has 0 aliphatic rings. The van der Waals surface area contributed by atoms with Gasteiger partial charge in [0.1, 0.15) is 10.0 Å². The maximum atomic E-state index is 11.7. The Hall–Kier alpha value is -0.680. The lowest BCUT2D eigenvalue weighted by atomic mass is 10.4. The van der Waals surface area contributed by atoms with Crippen molar-refractivity contribution in [2.75, 3.05) is 0 Å². The highest BCUT2D eigenvalue weighted by Crippen LogP contribution is 2.35. The molecule has 0 N–H and O–H groups in total. The second-order valence-electron chi connectivity index (χ2n) is 1.98. The molecule has 0 aliphatic heterocycles. The molecule has 72 valence electrons. The van der Waals surface area contributed by atoms with Crippen LogP contribution in [-0.4, -0.2) is 11.3 Å².